The Bertz CT molecular complexity index is 800. The summed E-state index contributed by atoms with van der Waals surface area (Å²) < 4.78 is 5.59. The Kier molecular flexibility index (Phi) is 4.14. The molecule has 1 heterocycles. The number of nitriles is 1. The molecule has 138 valence electrons. The van der Waals surface area contributed by atoms with Crippen molar-refractivity contribution >= 4 is 17.6 Å². The maximum atomic E-state index is 12.8. The number of Topliss-reactive ketones (excluding diaryl/α,β-unsaturated/α-hetero) is 1. The van der Waals surface area contributed by atoms with Crippen molar-refractivity contribution in [2.24, 2.45) is 11.3 Å². The summed E-state index contributed by atoms with van der Waals surface area (Å²) in [5.41, 5.74) is 0.273. The number of anilines is 1. The van der Waals surface area contributed by atoms with Crippen molar-refractivity contribution < 1.29 is 14.3 Å². The van der Waals surface area contributed by atoms with Crippen LogP contribution in [0.4, 0.5) is 10.5 Å². The van der Waals surface area contributed by atoms with E-state index in [0.717, 1.165) is 11.3 Å². The highest BCUT2D eigenvalue weighted by Crippen LogP contribution is 2.54. The molecule has 5 heteroatoms. The van der Waals surface area contributed by atoms with Crippen LogP contribution in [0.25, 0.3) is 0 Å². The highest BCUT2D eigenvalue weighted by molar-refractivity contribution is 5.94. The van der Waals surface area contributed by atoms with E-state index in [1.165, 1.54) is 0 Å². The molecule has 2 unspecified atom stereocenters. The van der Waals surface area contributed by atoms with Crippen molar-refractivity contribution in [3.05, 3.63) is 29.8 Å². The summed E-state index contributed by atoms with van der Waals surface area (Å²) >= 11 is 0. The largest absolute Gasteiger partial charge is 0.443 e. The van der Waals surface area contributed by atoms with E-state index >= 15 is 0 Å². The van der Waals surface area contributed by atoms with E-state index in [1.54, 1.807) is 4.90 Å². The molecule has 0 bridgehead atoms. The van der Waals surface area contributed by atoms with Gasteiger partial charge in [-0.15, -0.1) is 0 Å². The van der Waals surface area contributed by atoms with Crippen molar-refractivity contribution in [1.29, 1.82) is 5.26 Å². The zero-order valence-corrected chi connectivity index (χ0v) is 16.1. The third kappa shape index (κ3) is 2.98. The van der Waals surface area contributed by atoms with Gasteiger partial charge in [0, 0.05) is 17.4 Å². The van der Waals surface area contributed by atoms with E-state index in [0.29, 0.717) is 19.4 Å². The van der Waals surface area contributed by atoms with Crippen LogP contribution >= 0.6 is 0 Å². The van der Waals surface area contributed by atoms with E-state index in [-0.39, 0.29) is 11.9 Å². The highest BCUT2D eigenvalue weighted by Gasteiger charge is 2.55. The number of hydrogen-bond donors (Lipinski definition) is 0. The molecule has 0 saturated heterocycles. The summed E-state index contributed by atoms with van der Waals surface area (Å²) in [6.45, 7) is 9.78. The molecule has 0 aromatic heterocycles. The van der Waals surface area contributed by atoms with Gasteiger partial charge in [0.1, 0.15) is 11.5 Å². The van der Waals surface area contributed by atoms with E-state index in [4.69, 9.17) is 4.74 Å². The van der Waals surface area contributed by atoms with Crippen LogP contribution < -0.4 is 4.90 Å². The van der Waals surface area contributed by atoms with Gasteiger partial charge in [-0.3, -0.25) is 9.69 Å². The van der Waals surface area contributed by atoms with Crippen LogP contribution in [0.15, 0.2) is 24.3 Å². The fourth-order valence-electron chi connectivity index (χ4n) is 4.50. The predicted molar refractivity (Wildman–Crippen MR) is 98.8 cm³/mol. The van der Waals surface area contributed by atoms with Gasteiger partial charge in [-0.05, 0) is 45.2 Å². The number of amides is 1. The third-order valence-corrected chi connectivity index (χ3v) is 5.36. The Morgan fingerprint density at radius 3 is 2.58 bits per heavy atom. The molecule has 5 nitrogen and oxygen atoms in total. The van der Waals surface area contributed by atoms with Crippen LogP contribution in [-0.2, 0) is 14.9 Å². The normalized spacial score (nSPS) is 27.2. The SMILES string of the molecule is CC(C)(C)OC(=O)N1CC2(CC(C#N)C(=O)C(C)(C)C2)c2ccccc21. The maximum Gasteiger partial charge on any atom is 0.414 e. The van der Waals surface area contributed by atoms with Gasteiger partial charge in [0.15, 0.2) is 5.78 Å². The summed E-state index contributed by atoms with van der Waals surface area (Å²) in [4.78, 5) is 27.1. The second kappa shape index (κ2) is 5.84. The first kappa shape index (κ1) is 18.4. The molecule has 1 aromatic rings. The molecule has 1 fully saturated rings. The smallest absolute Gasteiger partial charge is 0.414 e. The van der Waals surface area contributed by atoms with E-state index in [1.807, 2.05) is 58.9 Å². The number of fused-ring (bicyclic) bond motifs is 2. The second-order valence-electron chi connectivity index (χ2n) is 9.17. The van der Waals surface area contributed by atoms with Crippen LogP contribution in [0, 0.1) is 22.7 Å². The van der Waals surface area contributed by atoms with Crippen LogP contribution in [-0.4, -0.2) is 24.0 Å². The first-order chi connectivity index (χ1) is 12.0. The van der Waals surface area contributed by atoms with Gasteiger partial charge in [-0.1, -0.05) is 32.0 Å². The van der Waals surface area contributed by atoms with Gasteiger partial charge in [0.25, 0.3) is 0 Å². The minimum absolute atomic E-state index is 0.00109. The number of ether oxygens (including phenoxy) is 1. The lowest BCUT2D eigenvalue weighted by Crippen LogP contribution is -2.50. The molecule has 2 atom stereocenters. The average Bonchev–Trinajstić information content (AvgIpc) is 2.84. The quantitative estimate of drug-likeness (QED) is 0.700. The van der Waals surface area contributed by atoms with Crippen molar-refractivity contribution in [2.45, 2.75) is 58.5 Å². The molecule has 3 rings (SSSR count). The zero-order valence-electron chi connectivity index (χ0n) is 16.1. The first-order valence-corrected chi connectivity index (χ1v) is 9.03. The summed E-state index contributed by atoms with van der Waals surface area (Å²) in [7, 11) is 0. The Morgan fingerprint density at radius 1 is 1.31 bits per heavy atom. The highest BCUT2D eigenvalue weighted by atomic mass is 16.6. The van der Waals surface area contributed by atoms with Gasteiger partial charge < -0.3 is 4.74 Å². The second-order valence-corrected chi connectivity index (χ2v) is 9.17. The molecule has 1 saturated carbocycles. The maximum absolute atomic E-state index is 12.8. The molecule has 2 aliphatic rings. The average molecular weight is 354 g/mol. The predicted octanol–water partition coefficient (Wildman–Crippen LogP) is 4.21. The monoisotopic (exact) mass is 354 g/mol. The van der Waals surface area contributed by atoms with E-state index in [2.05, 4.69) is 6.07 Å². The van der Waals surface area contributed by atoms with Crippen LogP contribution in [0.2, 0.25) is 0 Å². The molecule has 0 N–H and O–H groups in total. The standard InChI is InChI=1S/C21H26N2O3/c1-19(2,3)26-18(25)23-13-21(15-8-6-7-9-16(15)23)10-14(11-22)17(24)20(4,5)12-21/h6-9,14H,10,12-13H2,1-5H3. The Morgan fingerprint density at radius 2 is 1.96 bits per heavy atom. The number of ketones is 1. The molecule has 1 aliphatic carbocycles. The van der Waals surface area contributed by atoms with Crippen molar-refractivity contribution in [2.75, 3.05) is 11.4 Å². The number of para-hydroxylation sites is 1. The van der Waals surface area contributed by atoms with Crippen LogP contribution in [0.1, 0.15) is 53.0 Å². The third-order valence-electron chi connectivity index (χ3n) is 5.36. The van der Waals surface area contributed by atoms with Crippen molar-refractivity contribution in [3.63, 3.8) is 0 Å². The summed E-state index contributed by atoms with van der Waals surface area (Å²) in [6, 6.07) is 9.97. The van der Waals surface area contributed by atoms with Gasteiger partial charge in [0.05, 0.1) is 11.8 Å². The lowest BCUT2D eigenvalue weighted by Gasteiger charge is -2.44. The van der Waals surface area contributed by atoms with Gasteiger partial charge in [-0.25, -0.2) is 4.79 Å². The summed E-state index contributed by atoms with van der Waals surface area (Å²) in [6.07, 6.45) is 0.681. The van der Waals surface area contributed by atoms with Crippen LogP contribution in [0.3, 0.4) is 0 Å². The number of benzene rings is 1. The summed E-state index contributed by atoms with van der Waals surface area (Å²) in [5.74, 6) is -0.649. The molecule has 1 aliphatic heterocycles. The molecule has 26 heavy (non-hydrogen) atoms. The first-order valence-electron chi connectivity index (χ1n) is 9.03. The van der Waals surface area contributed by atoms with Gasteiger partial charge in [-0.2, -0.15) is 5.26 Å². The molecular weight excluding hydrogens is 328 g/mol. The Balaban J connectivity index is 2.04. The minimum Gasteiger partial charge on any atom is -0.443 e. The number of rotatable bonds is 0. The lowest BCUT2D eigenvalue weighted by molar-refractivity contribution is -0.134. The molecule has 0 radical (unpaired) electrons. The summed E-state index contributed by atoms with van der Waals surface area (Å²) in [5, 5.41) is 9.54. The Hall–Kier alpha value is -2.35. The number of hydrogen-bond acceptors (Lipinski definition) is 4. The Labute approximate surface area is 154 Å². The molecular formula is C21H26N2O3. The number of nitrogens with zero attached hydrogens (tertiary/aromatic N) is 2. The minimum atomic E-state index is -0.648. The topological polar surface area (TPSA) is 70.4 Å². The molecule has 1 aromatic carbocycles. The van der Waals surface area contributed by atoms with Gasteiger partial charge >= 0.3 is 6.09 Å². The van der Waals surface area contributed by atoms with Gasteiger partial charge in [0.2, 0.25) is 0 Å². The van der Waals surface area contributed by atoms with Crippen molar-refractivity contribution in [1.82, 2.24) is 0 Å². The fourth-order valence-corrected chi connectivity index (χ4v) is 4.50. The van der Waals surface area contributed by atoms with E-state index in [9.17, 15) is 14.9 Å². The van der Waals surface area contributed by atoms with E-state index < -0.39 is 22.3 Å². The molecule has 1 spiro atoms. The number of carbonyl (C=O) groups excluding carboxylic acids is 2. The van der Waals surface area contributed by atoms with Crippen LogP contribution in [0.5, 0.6) is 0 Å². The van der Waals surface area contributed by atoms with Crippen molar-refractivity contribution in [3.8, 4) is 6.07 Å². The number of carbonyl (C=O) groups is 2. The fraction of sp³-hybridized carbons (Fsp3) is 0.571. The lowest BCUT2D eigenvalue weighted by atomic mass is 9.58. The molecule has 1 amide bonds. The zero-order chi connectivity index (χ0) is 19.3.